The van der Waals surface area contributed by atoms with Crippen molar-refractivity contribution in [1.82, 2.24) is 0 Å². The van der Waals surface area contributed by atoms with Crippen molar-refractivity contribution < 1.29 is 9.66 Å². The Balaban J connectivity index is 2.69. The van der Waals surface area contributed by atoms with Crippen molar-refractivity contribution in [2.75, 3.05) is 11.9 Å². The summed E-state index contributed by atoms with van der Waals surface area (Å²) in [6, 6.07) is 4.66. The van der Waals surface area contributed by atoms with Crippen LogP contribution >= 0.6 is 15.9 Å². The molecule has 0 saturated carbocycles. The number of hydrogen-bond acceptors (Lipinski definition) is 3. The summed E-state index contributed by atoms with van der Waals surface area (Å²) in [6.45, 7) is 4.55. The summed E-state index contributed by atoms with van der Waals surface area (Å²) in [6.07, 6.45) is 1.04. The maximum Gasteiger partial charge on any atom is 0.269 e. The average molecular weight is 302 g/mol. The monoisotopic (exact) mass is 301 g/mol. The molecule has 0 saturated heterocycles. The summed E-state index contributed by atoms with van der Waals surface area (Å²) in [4.78, 5) is 10.2. The smallest absolute Gasteiger partial charge is 0.269 e. The van der Waals surface area contributed by atoms with E-state index in [-0.39, 0.29) is 5.69 Å². The Kier molecular flexibility index (Phi) is 5.41. The number of hydrogen-bond donors (Lipinski definition) is 0. The first-order chi connectivity index (χ1) is 8.08. The van der Waals surface area contributed by atoms with E-state index in [2.05, 4.69) is 22.9 Å². The summed E-state index contributed by atoms with van der Waals surface area (Å²) >= 11 is 3.43. The second-order valence-electron chi connectivity index (χ2n) is 3.95. The number of benzene rings is 1. The zero-order valence-electron chi connectivity index (χ0n) is 9.98. The van der Waals surface area contributed by atoms with Crippen molar-refractivity contribution in [3.63, 3.8) is 0 Å². The molecule has 1 aromatic rings. The van der Waals surface area contributed by atoms with Gasteiger partial charge in [-0.1, -0.05) is 22.9 Å². The second-order valence-corrected chi connectivity index (χ2v) is 4.59. The predicted octanol–water partition coefficient (Wildman–Crippen LogP) is 3.70. The van der Waals surface area contributed by atoms with Crippen molar-refractivity contribution in [3.8, 4) is 5.75 Å². The molecular weight excluding hydrogens is 286 g/mol. The molecule has 0 aromatic heterocycles. The van der Waals surface area contributed by atoms with Gasteiger partial charge in [0, 0.05) is 23.4 Å². The van der Waals surface area contributed by atoms with E-state index < -0.39 is 4.92 Å². The number of ether oxygens (including phenoxy) is 1. The van der Waals surface area contributed by atoms with Gasteiger partial charge in [0.25, 0.3) is 5.69 Å². The number of non-ortho nitro benzene ring substituents is 1. The van der Waals surface area contributed by atoms with Crippen molar-refractivity contribution in [2.45, 2.75) is 20.3 Å². The molecule has 0 aliphatic carbocycles. The maximum atomic E-state index is 10.6. The number of halogens is 1. The van der Waals surface area contributed by atoms with Crippen molar-refractivity contribution in [3.05, 3.63) is 33.9 Å². The van der Waals surface area contributed by atoms with E-state index >= 15 is 0 Å². The van der Waals surface area contributed by atoms with Crippen LogP contribution in [0.15, 0.2) is 18.2 Å². The average Bonchev–Trinajstić information content (AvgIpc) is 2.31. The summed E-state index contributed by atoms with van der Waals surface area (Å²) < 4.78 is 5.66. The first-order valence-corrected chi connectivity index (χ1v) is 6.64. The van der Waals surface area contributed by atoms with Crippen LogP contribution < -0.4 is 4.74 Å². The molecule has 0 radical (unpaired) electrons. The summed E-state index contributed by atoms with van der Waals surface area (Å²) in [5.74, 6) is 1.18. The van der Waals surface area contributed by atoms with E-state index in [9.17, 15) is 10.1 Å². The molecule has 0 N–H and O–H groups in total. The fourth-order valence-corrected chi connectivity index (χ4v) is 2.03. The minimum atomic E-state index is -0.399. The molecular formula is C12H16BrNO3. The molecule has 1 atom stereocenters. The van der Waals surface area contributed by atoms with Crippen LogP contribution in [0, 0.1) is 23.0 Å². The van der Waals surface area contributed by atoms with Crippen molar-refractivity contribution in [1.29, 1.82) is 0 Å². The SMILES string of the molecule is CCC(CBr)COc1ccc([N+](=O)[O-])cc1C. The largest absolute Gasteiger partial charge is 0.493 e. The van der Waals surface area contributed by atoms with E-state index in [1.807, 2.05) is 6.92 Å². The van der Waals surface area contributed by atoms with Gasteiger partial charge < -0.3 is 4.74 Å². The third kappa shape index (κ3) is 4.00. The molecule has 0 bridgehead atoms. The Morgan fingerprint density at radius 1 is 1.53 bits per heavy atom. The zero-order valence-corrected chi connectivity index (χ0v) is 11.6. The van der Waals surface area contributed by atoms with Crippen molar-refractivity contribution in [2.24, 2.45) is 5.92 Å². The summed E-state index contributed by atoms with van der Waals surface area (Å²) in [5, 5.41) is 11.5. The van der Waals surface area contributed by atoms with Gasteiger partial charge in [-0.05, 0) is 25.0 Å². The lowest BCUT2D eigenvalue weighted by Gasteiger charge is -2.14. The van der Waals surface area contributed by atoms with E-state index in [1.165, 1.54) is 12.1 Å². The highest BCUT2D eigenvalue weighted by Gasteiger charge is 2.10. The molecule has 17 heavy (non-hydrogen) atoms. The number of aryl methyl sites for hydroxylation is 1. The Labute approximate surface area is 109 Å². The van der Waals surface area contributed by atoms with Crippen LogP contribution in [0.25, 0.3) is 0 Å². The number of nitrogens with zero attached hydrogens (tertiary/aromatic N) is 1. The molecule has 1 rings (SSSR count). The standard InChI is InChI=1S/C12H16BrNO3/c1-3-10(7-13)8-17-12-5-4-11(14(15)16)6-9(12)2/h4-6,10H,3,7-8H2,1-2H3. The van der Waals surface area contributed by atoms with Gasteiger partial charge in [-0.15, -0.1) is 0 Å². The minimum absolute atomic E-state index is 0.0994. The molecule has 4 nitrogen and oxygen atoms in total. The van der Waals surface area contributed by atoms with E-state index in [0.29, 0.717) is 12.5 Å². The van der Waals surface area contributed by atoms with Crippen molar-refractivity contribution >= 4 is 21.6 Å². The third-order valence-electron chi connectivity index (χ3n) is 2.64. The second kappa shape index (κ2) is 6.59. The highest BCUT2D eigenvalue weighted by atomic mass is 79.9. The molecule has 0 amide bonds. The molecule has 5 heteroatoms. The van der Waals surface area contributed by atoms with E-state index in [4.69, 9.17) is 4.74 Å². The highest BCUT2D eigenvalue weighted by molar-refractivity contribution is 9.09. The fourth-order valence-electron chi connectivity index (χ4n) is 1.39. The highest BCUT2D eigenvalue weighted by Crippen LogP contribution is 2.24. The zero-order chi connectivity index (χ0) is 12.8. The summed E-state index contributed by atoms with van der Waals surface area (Å²) in [7, 11) is 0. The van der Waals surface area contributed by atoms with Crippen LogP contribution in [0.1, 0.15) is 18.9 Å². The minimum Gasteiger partial charge on any atom is -0.493 e. The van der Waals surface area contributed by atoms with Crippen LogP contribution in [0.4, 0.5) is 5.69 Å². The van der Waals surface area contributed by atoms with Crippen LogP contribution in [0.3, 0.4) is 0 Å². The normalized spacial score (nSPS) is 12.2. The van der Waals surface area contributed by atoms with Gasteiger partial charge in [-0.3, -0.25) is 10.1 Å². The Bertz CT molecular complexity index is 391. The number of nitro groups is 1. The van der Waals surface area contributed by atoms with Gasteiger partial charge in [-0.25, -0.2) is 0 Å². The van der Waals surface area contributed by atoms with Gasteiger partial charge in [0.1, 0.15) is 5.75 Å². The first-order valence-electron chi connectivity index (χ1n) is 5.52. The number of nitro benzene ring substituents is 1. The van der Waals surface area contributed by atoms with Gasteiger partial charge in [0.05, 0.1) is 11.5 Å². The number of alkyl halides is 1. The van der Waals surface area contributed by atoms with Gasteiger partial charge in [0.15, 0.2) is 0 Å². The lowest BCUT2D eigenvalue weighted by Crippen LogP contribution is -2.12. The number of rotatable bonds is 6. The quantitative estimate of drug-likeness (QED) is 0.457. The van der Waals surface area contributed by atoms with E-state index in [1.54, 1.807) is 6.07 Å². The van der Waals surface area contributed by atoms with Crippen LogP contribution in [-0.4, -0.2) is 16.9 Å². The Morgan fingerprint density at radius 3 is 2.71 bits per heavy atom. The van der Waals surface area contributed by atoms with Gasteiger partial charge >= 0.3 is 0 Å². The molecule has 1 unspecified atom stereocenters. The molecule has 0 heterocycles. The molecule has 1 aromatic carbocycles. The predicted molar refractivity (Wildman–Crippen MR) is 70.9 cm³/mol. The fraction of sp³-hybridized carbons (Fsp3) is 0.500. The molecule has 94 valence electrons. The topological polar surface area (TPSA) is 52.4 Å². The molecule has 0 spiro atoms. The van der Waals surface area contributed by atoms with E-state index in [0.717, 1.165) is 23.1 Å². The lowest BCUT2D eigenvalue weighted by molar-refractivity contribution is -0.384. The van der Waals surface area contributed by atoms with Crippen LogP contribution in [-0.2, 0) is 0 Å². The van der Waals surface area contributed by atoms with Gasteiger partial charge in [-0.2, -0.15) is 0 Å². The maximum absolute atomic E-state index is 10.6. The van der Waals surface area contributed by atoms with Crippen LogP contribution in [0.2, 0.25) is 0 Å². The molecule has 0 fully saturated rings. The summed E-state index contributed by atoms with van der Waals surface area (Å²) in [5.41, 5.74) is 0.894. The van der Waals surface area contributed by atoms with Crippen LogP contribution in [0.5, 0.6) is 5.75 Å². The molecule has 0 aliphatic heterocycles. The Hall–Kier alpha value is -1.10. The van der Waals surface area contributed by atoms with Gasteiger partial charge in [0.2, 0.25) is 0 Å². The first kappa shape index (κ1) is 14.0. The third-order valence-corrected chi connectivity index (χ3v) is 3.56. The lowest BCUT2D eigenvalue weighted by atomic mass is 10.1. The Morgan fingerprint density at radius 2 is 2.24 bits per heavy atom. The molecule has 0 aliphatic rings.